The second-order valence-electron chi connectivity index (χ2n) is 3.19. The molecule has 0 unspecified atom stereocenters. The Morgan fingerprint density at radius 3 is 2.21 bits per heavy atom. The third-order valence-corrected chi connectivity index (χ3v) is 2.09. The summed E-state index contributed by atoms with van der Waals surface area (Å²) in [6.07, 6.45) is 10.6. The maximum atomic E-state index is 11.3. The van der Waals surface area contributed by atoms with E-state index in [4.69, 9.17) is 0 Å². The van der Waals surface area contributed by atoms with Crippen molar-refractivity contribution in [3.05, 3.63) is 36.0 Å². The summed E-state index contributed by atoms with van der Waals surface area (Å²) in [5.74, 6) is -0.0437. The van der Waals surface area contributed by atoms with Crippen LogP contribution < -0.4 is 0 Å². The highest BCUT2D eigenvalue weighted by Crippen LogP contribution is 2.16. The van der Waals surface area contributed by atoms with Gasteiger partial charge in [0.25, 0.3) is 0 Å². The van der Waals surface area contributed by atoms with E-state index in [9.17, 15) is 9.59 Å². The van der Waals surface area contributed by atoms with Crippen LogP contribution in [0.4, 0.5) is 0 Å². The molecule has 1 aliphatic carbocycles. The van der Waals surface area contributed by atoms with Gasteiger partial charge in [0.1, 0.15) is 0 Å². The van der Waals surface area contributed by atoms with Crippen molar-refractivity contribution in [2.24, 2.45) is 0 Å². The molecule has 0 heterocycles. The third-order valence-electron chi connectivity index (χ3n) is 2.09. The predicted molar refractivity (Wildman–Crippen MR) is 55.9 cm³/mol. The highest BCUT2D eigenvalue weighted by atomic mass is 16.1. The molecule has 1 aliphatic rings. The van der Waals surface area contributed by atoms with Gasteiger partial charge in [-0.05, 0) is 19.4 Å². The number of carbonyl (C=O) groups is 2. The minimum atomic E-state index is -0.0219. The van der Waals surface area contributed by atoms with Gasteiger partial charge in [0.2, 0.25) is 0 Å². The second kappa shape index (κ2) is 5.32. The molecule has 2 heteroatoms. The Morgan fingerprint density at radius 2 is 1.64 bits per heavy atom. The van der Waals surface area contributed by atoms with E-state index in [1.165, 1.54) is 0 Å². The molecule has 0 radical (unpaired) electrons. The number of Topliss-reactive ketones (excluding diaryl/α,β-unsaturated/α-hetero) is 2. The van der Waals surface area contributed by atoms with Crippen molar-refractivity contribution in [2.45, 2.75) is 26.2 Å². The maximum absolute atomic E-state index is 11.3. The summed E-state index contributed by atoms with van der Waals surface area (Å²) in [6.45, 7) is 1.91. The van der Waals surface area contributed by atoms with Gasteiger partial charge in [-0.2, -0.15) is 0 Å². The number of ketones is 2. The van der Waals surface area contributed by atoms with E-state index in [1.54, 1.807) is 12.2 Å². The monoisotopic (exact) mass is 190 g/mol. The van der Waals surface area contributed by atoms with Crippen LogP contribution in [0.1, 0.15) is 26.2 Å². The molecule has 2 nitrogen and oxygen atoms in total. The Kier molecular flexibility index (Phi) is 4.05. The lowest BCUT2D eigenvalue weighted by Crippen LogP contribution is -2.18. The van der Waals surface area contributed by atoms with Gasteiger partial charge in [-0.3, -0.25) is 9.59 Å². The highest BCUT2D eigenvalue weighted by molar-refractivity contribution is 6.21. The van der Waals surface area contributed by atoms with E-state index < -0.39 is 0 Å². The van der Waals surface area contributed by atoms with Crippen LogP contribution >= 0.6 is 0 Å². The summed E-state index contributed by atoms with van der Waals surface area (Å²) in [5.41, 5.74) is 0.358. The van der Waals surface area contributed by atoms with Crippen LogP contribution in [0.25, 0.3) is 0 Å². The molecule has 1 saturated carbocycles. The van der Waals surface area contributed by atoms with Crippen molar-refractivity contribution in [3.8, 4) is 0 Å². The van der Waals surface area contributed by atoms with Gasteiger partial charge in [-0.15, -0.1) is 0 Å². The Morgan fingerprint density at radius 1 is 1.00 bits per heavy atom. The molecule has 74 valence electrons. The molecule has 0 aromatic carbocycles. The van der Waals surface area contributed by atoms with Crippen LogP contribution in [0.2, 0.25) is 0 Å². The van der Waals surface area contributed by atoms with E-state index in [0.717, 1.165) is 0 Å². The maximum Gasteiger partial charge on any atom is 0.166 e. The molecule has 0 aromatic rings. The normalized spacial score (nSPS) is 18.5. The molecule has 14 heavy (non-hydrogen) atoms. The van der Waals surface area contributed by atoms with Gasteiger partial charge in [-0.25, -0.2) is 0 Å². The molecular formula is C12H14O2. The second-order valence-corrected chi connectivity index (χ2v) is 3.19. The molecule has 0 aliphatic heterocycles. The van der Waals surface area contributed by atoms with E-state index in [-0.39, 0.29) is 11.6 Å². The standard InChI is InChI=1S/C12H14O2/c1-2-3-4-5-7-10-11(13)8-6-9-12(10)14/h2-5,7H,6,8-9H2,1H3/b3-2+,5-4+. The Labute approximate surface area is 84.0 Å². The van der Waals surface area contributed by atoms with Crippen LogP contribution in [-0.2, 0) is 9.59 Å². The highest BCUT2D eigenvalue weighted by Gasteiger charge is 2.21. The molecule has 0 amide bonds. The summed E-state index contributed by atoms with van der Waals surface area (Å²) < 4.78 is 0. The molecule has 0 N–H and O–H groups in total. The van der Waals surface area contributed by atoms with Crippen LogP contribution in [-0.4, -0.2) is 11.6 Å². The van der Waals surface area contributed by atoms with Crippen molar-refractivity contribution in [1.29, 1.82) is 0 Å². The molecule has 1 fully saturated rings. The summed E-state index contributed by atoms with van der Waals surface area (Å²) in [7, 11) is 0. The van der Waals surface area contributed by atoms with Crippen LogP contribution in [0.15, 0.2) is 36.0 Å². The van der Waals surface area contributed by atoms with Crippen molar-refractivity contribution in [2.75, 3.05) is 0 Å². The number of rotatable bonds is 2. The quantitative estimate of drug-likeness (QED) is 0.380. The molecule has 0 atom stereocenters. The summed E-state index contributed by atoms with van der Waals surface area (Å²) in [4.78, 5) is 22.7. The van der Waals surface area contributed by atoms with Crippen LogP contribution in [0, 0.1) is 0 Å². The molecule has 0 spiro atoms. The van der Waals surface area contributed by atoms with Gasteiger partial charge in [-0.1, -0.05) is 24.3 Å². The topological polar surface area (TPSA) is 34.1 Å². The lowest BCUT2D eigenvalue weighted by Gasteiger charge is -2.09. The Bertz CT molecular complexity index is 301. The first-order valence-electron chi connectivity index (χ1n) is 4.81. The van der Waals surface area contributed by atoms with Crippen molar-refractivity contribution in [1.82, 2.24) is 0 Å². The van der Waals surface area contributed by atoms with E-state index in [1.807, 2.05) is 25.2 Å². The number of hydrogen-bond donors (Lipinski definition) is 0. The fourth-order valence-electron chi connectivity index (χ4n) is 1.35. The summed E-state index contributed by atoms with van der Waals surface area (Å²) >= 11 is 0. The van der Waals surface area contributed by atoms with Gasteiger partial charge >= 0.3 is 0 Å². The van der Waals surface area contributed by atoms with E-state index in [0.29, 0.717) is 24.8 Å². The molecule has 0 aromatic heterocycles. The van der Waals surface area contributed by atoms with Crippen molar-refractivity contribution < 1.29 is 9.59 Å². The first-order valence-corrected chi connectivity index (χ1v) is 4.81. The van der Waals surface area contributed by atoms with E-state index in [2.05, 4.69) is 0 Å². The fraction of sp³-hybridized carbons (Fsp3) is 0.333. The number of carbonyl (C=O) groups excluding carboxylic acids is 2. The number of hydrogen-bond acceptors (Lipinski definition) is 2. The molecule has 0 saturated heterocycles. The lowest BCUT2D eigenvalue weighted by atomic mass is 9.92. The zero-order chi connectivity index (χ0) is 10.4. The smallest absolute Gasteiger partial charge is 0.166 e. The molecular weight excluding hydrogens is 176 g/mol. The van der Waals surface area contributed by atoms with Crippen LogP contribution in [0.3, 0.4) is 0 Å². The molecule has 1 rings (SSSR count). The first-order chi connectivity index (χ1) is 6.75. The van der Waals surface area contributed by atoms with E-state index >= 15 is 0 Å². The Balaban J connectivity index is 2.72. The largest absolute Gasteiger partial charge is 0.294 e. The van der Waals surface area contributed by atoms with Crippen LogP contribution in [0.5, 0.6) is 0 Å². The van der Waals surface area contributed by atoms with Gasteiger partial charge in [0, 0.05) is 12.8 Å². The van der Waals surface area contributed by atoms with Crippen molar-refractivity contribution in [3.63, 3.8) is 0 Å². The van der Waals surface area contributed by atoms with Gasteiger partial charge < -0.3 is 0 Å². The SMILES string of the molecule is C/C=C/C=C/C=C1C(=O)CCCC1=O. The number of allylic oxidation sites excluding steroid dienone is 6. The Hall–Kier alpha value is -1.44. The minimum Gasteiger partial charge on any atom is -0.294 e. The van der Waals surface area contributed by atoms with Crippen molar-refractivity contribution >= 4 is 11.6 Å². The lowest BCUT2D eigenvalue weighted by molar-refractivity contribution is -0.123. The predicted octanol–water partition coefficient (Wildman–Crippen LogP) is 2.37. The van der Waals surface area contributed by atoms with Gasteiger partial charge in [0.05, 0.1) is 5.57 Å². The van der Waals surface area contributed by atoms with Gasteiger partial charge in [0.15, 0.2) is 11.6 Å². The first kappa shape index (κ1) is 10.6. The third kappa shape index (κ3) is 2.80. The average molecular weight is 190 g/mol. The summed E-state index contributed by atoms with van der Waals surface area (Å²) in [5, 5.41) is 0. The zero-order valence-corrected chi connectivity index (χ0v) is 8.32. The molecule has 0 bridgehead atoms. The fourth-order valence-corrected chi connectivity index (χ4v) is 1.35. The minimum absolute atomic E-state index is 0.0219. The average Bonchev–Trinajstić information content (AvgIpc) is 2.16. The summed E-state index contributed by atoms with van der Waals surface area (Å²) in [6, 6.07) is 0. The zero-order valence-electron chi connectivity index (χ0n) is 8.32.